The zero-order chi connectivity index (χ0) is 21.5. The maximum Gasteiger partial charge on any atom is 0.254 e. The zero-order valence-corrected chi connectivity index (χ0v) is 17.9. The Morgan fingerprint density at radius 2 is 1.55 bits per heavy atom. The average Bonchev–Trinajstić information content (AvgIpc) is 2.84. The summed E-state index contributed by atoms with van der Waals surface area (Å²) in [5.74, 6) is 0.973. The Bertz CT molecular complexity index is 1020. The molecule has 3 aromatic carbocycles. The smallest absolute Gasteiger partial charge is 0.254 e. The monoisotopic (exact) mass is 412 g/mol. The number of hydrogen-bond acceptors (Lipinski definition) is 3. The van der Waals surface area contributed by atoms with Crippen LogP contribution in [0.4, 0.5) is 0 Å². The van der Waals surface area contributed by atoms with Gasteiger partial charge in [0.1, 0.15) is 5.75 Å². The van der Waals surface area contributed by atoms with E-state index in [0.29, 0.717) is 0 Å². The van der Waals surface area contributed by atoms with E-state index in [4.69, 9.17) is 4.74 Å². The van der Waals surface area contributed by atoms with Crippen molar-refractivity contribution in [2.24, 2.45) is 0 Å². The first kappa shape index (κ1) is 20.9. The van der Waals surface area contributed by atoms with Crippen LogP contribution in [0.2, 0.25) is 0 Å². The molecule has 0 spiro atoms. The zero-order valence-electron chi connectivity index (χ0n) is 17.9. The lowest BCUT2D eigenvalue weighted by molar-refractivity contribution is -0.126. The van der Waals surface area contributed by atoms with Gasteiger partial charge in [-0.25, -0.2) is 0 Å². The van der Waals surface area contributed by atoms with Crippen LogP contribution in [0.15, 0.2) is 84.9 Å². The van der Waals surface area contributed by atoms with Gasteiger partial charge >= 0.3 is 0 Å². The van der Waals surface area contributed by atoms with Crippen LogP contribution < -0.4 is 4.74 Å². The molecule has 0 radical (unpaired) electrons. The maximum absolute atomic E-state index is 13.5. The summed E-state index contributed by atoms with van der Waals surface area (Å²) in [5, 5.41) is 0. The highest BCUT2D eigenvalue weighted by molar-refractivity contribution is 6.24. The molecule has 4 nitrogen and oxygen atoms in total. The molecule has 3 aromatic rings. The third kappa shape index (κ3) is 5.41. The first-order chi connectivity index (χ1) is 15.2. The average molecular weight is 413 g/mol. The second kappa shape index (κ2) is 10.1. The molecule has 1 saturated heterocycles. The molecule has 1 heterocycles. The molecule has 0 bridgehead atoms. The fourth-order valence-electron chi connectivity index (χ4n) is 3.91. The van der Waals surface area contributed by atoms with Gasteiger partial charge in [-0.15, -0.1) is 0 Å². The van der Waals surface area contributed by atoms with Crippen molar-refractivity contribution in [2.75, 3.05) is 33.3 Å². The number of benzene rings is 3. The van der Waals surface area contributed by atoms with Crippen LogP contribution in [0.5, 0.6) is 5.75 Å². The number of rotatable bonds is 6. The standard InChI is InChI=1S/C27H28N2O2/c1-31-25-14-8-11-23(19-25)21-28-15-17-29(18-16-28)27(30)26(24-12-6-3-7-13-24)20-22-9-4-2-5-10-22/h2-14,19-20H,15-18,21H2,1H3/b26-20-. The van der Waals surface area contributed by atoms with Crippen molar-refractivity contribution >= 4 is 17.6 Å². The topological polar surface area (TPSA) is 32.8 Å². The van der Waals surface area contributed by atoms with Gasteiger partial charge in [-0.3, -0.25) is 9.69 Å². The van der Waals surface area contributed by atoms with E-state index < -0.39 is 0 Å². The number of methoxy groups -OCH3 is 1. The number of carbonyl (C=O) groups excluding carboxylic acids is 1. The van der Waals surface area contributed by atoms with Gasteiger partial charge in [-0.05, 0) is 34.9 Å². The highest BCUT2D eigenvalue weighted by Gasteiger charge is 2.24. The van der Waals surface area contributed by atoms with Crippen LogP contribution in [-0.2, 0) is 11.3 Å². The largest absolute Gasteiger partial charge is 0.497 e. The number of hydrogen-bond donors (Lipinski definition) is 0. The molecule has 4 heteroatoms. The second-order valence-corrected chi connectivity index (χ2v) is 7.75. The van der Waals surface area contributed by atoms with Gasteiger partial charge < -0.3 is 9.64 Å². The summed E-state index contributed by atoms with van der Waals surface area (Å²) in [6.07, 6.45) is 2.00. The number of piperazine rings is 1. The molecular formula is C27H28N2O2. The van der Waals surface area contributed by atoms with E-state index in [1.54, 1.807) is 7.11 Å². The van der Waals surface area contributed by atoms with E-state index in [-0.39, 0.29) is 5.91 Å². The predicted octanol–water partition coefficient (Wildman–Crippen LogP) is 4.58. The van der Waals surface area contributed by atoms with Gasteiger partial charge in [0.2, 0.25) is 0 Å². The van der Waals surface area contributed by atoms with Gasteiger partial charge in [0.25, 0.3) is 5.91 Å². The van der Waals surface area contributed by atoms with E-state index in [1.165, 1.54) is 5.56 Å². The fourth-order valence-corrected chi connectivity index (χ4v) is 3.91. The summed E-state index contributed by atoms with van der Waals surface area (Å²) >= 11 is 0. The van der Waals surface area contributed by atoms with Crippen LogP contribution in [-0.4, -0.2) is 49.0 Å². The van der Waals surface area contributed by atoms with Crippen molar-refractivity contribution in [3.05, 3.63) is 102 Å². The molecule has 4 rings (SSSR count). The van der Waals surface area contributed by atoms with Crippen molar-refractivity contribution in [2.45, 2.75) is 6.54 Å². The van der Waals surface area contributed by atoms with E-state index in [0.717, 1.165) is 55.2 Å². The number of carbonyl (C=O) groups is 1. The number of nitrogens with zero attached hydrogens (tertiary/aromatic N) is 2. The quantitative estimate of drug-likeness (QED) is 0.439. The summed E-state index contributed by atoms with van der Waals surface area (Å²) in [4.78, 5) is 17.8. The lowest BCUT2D eigenvalue weighted by Crippen LogP contribution is -2.48. The normalized spacial score (nSPS) is 15.0. The molecule has 0 aromatic heterocycles. The summed E-state index contributed by atoms with van der Waals surface area (Å²) < 4.78 is 5.33. The molecule has 0 N–H and O–H groups in total. The molecular weight excluding hydrogens is 384 g/mol. The van der Waals surface area contributed by atoms with Gasteiger partial charge in [0.15, 0.2) is 0 Å². The Balaban J connectivity index is 1.46. The fraction of sp³-hybridized carbons (Fsp3) is 0.222. The van der Waals surface area contributed by atoms with E-state index in [1.807, 2.05) is 83.8 Å². The highest BCUT2D eigenvalue weighted by atomic mass is 16.5. The Morgan fingerprint density at radius 1 is 0.871 bits per heavy atom. The van der Waals surface area contributed by atoms with Crippen molar-refractivity contribution in [3.8, 4) is 5.75 Å². The summed E-state index contributed by atoms with van der Waals surface area (Å²) in [7, 11) is 1.69. The van der Waals surface area contributed by atoms with Crippen LogP contribution in [0, 0.1) is 0 Å². The molecule has 1 aliphatic heterocycles. The predicted molar refractivity (Wildman–Crippen MR) is 126 cm³/mol. The van der Waals surface area contributed by atoms with Gasteiger partial charge in [-0.2, -0.15) is 0 Å². The Labute approximate surface area is 184 Å². The van der Waals surface area contributed by atoms with Crippen LogP contribution in [0.1, 0.15) is 16.7 Å². The maximum atomic E-state index is 13.5. The minimum absolute atomic E-state index is 0.0936. The molecule has 1 amide bonds. The minimum Gasteiger partial charge on any atom is -0.497 e. The van der Waals surface area contributed by atoms with Crippen molar-refractivity contribution in [3.63, 3.8) is 0 Å². The van der Waals surface area contributed by atoms with E-state index >= 15 is 0 Å². The third-order valence-electron chi connectivity index (χ3n) is 5.63. The highest BCUT2D eigenvalue weighted by Crippen LogP contribution is 2.22. The molecule has 1 fully saturated rings. The van der Waals surface area contributed by atoms with E-state index in [2.05, 4.69) is 17.0 Å². The van der Waals surface area contributed by atoms with Gasteiger partial charge in [-0.1, -0.05) is 72.8 Å². The lowest BCUT2D eigenvalue weighted by atomic mass is 10.0. The molecule has 0 unspecified atom stereocenters. The lowest BCUT2D eigenvalue weighted by Gasteiger charge is -2.35. The van der Waals surface area contributed by atoms with Gasteiger partial charge in [0, 0.05) is 38.3 Å². The molecule has 0 aliphatic carbocycles. The third-order valence-corrected chi connectivity index (χ3v) is 5.63. The SMILES string of the molecule is COc1cccc(CN2CCN(C(=O)/C(=C\c3ccccc3)c3ccccc3)CC2)c1. The summed E-state index contributed by atoms with van der Waals surface area (Å²) in [5.41, 5.74) is 3.96. The number of ether oxygens (including phenoxy) is 1. The Kier molecular flexibility index (Phi) is 6.80. The van der Waals surface area contributed by atoms with Crippen molar-refractivity contribution in [1.29, 1.82) is 0 Å². The first-order valence-electron chi connectivity index (χ1n) is 10.7. The number of amides is 1. The molecule has 31 heavy (non-hydrogen) atoms. The summed E-state index contributed by atoms with van der Waals surface area (Å²) in [6.45, 7) is 4.03. The second-order valence-electron chi connectivity index (χ2n) is 7.75. The first-order valence-corrected chi connectivity index (χ1v) is 10.7. The molecule has 158 valence electrons. The minimum atomic E-state index is 0.0936. The summed E-state index contributed by atoms with van der Waals surface area (Å²) in [6, 6.07) is 28.2. The molecule has 0 saturated carbocycles. The van der Waals surface area contributed by atoms with Crippen LogP contribution in [0.3, 0.4) is 0 Å². The van der Waals surface area contributed by atoms with Crippen LogP contribution >= 0.6 is 0 Å². The van der Waals surface area contributed by atoms with Crippen molar-refractivity contribution < 1.29 is 9.53 Å². The Morgan fingerprint density at radius 3 is 2.23 bits per heavy atom. The van der Waals surface area contributed by atoms with Gasteiger partial charge in [0.05, 0.1) is 7.11 Å². The van der Waals surface area contributed by atoms with E-state index in [9.17, 15) is 4.79 Å². The van der Waals surface area contributed by atoms with Crippen molar-refractivity contribution in [1.82, 2.24) is 9.80 Å². The Hall–Kier alpha value is -3.37. The molecule has 0 atom stereocenters. The van der Waals surface area contributed by atoms with Crippen LogP contribution in [0.25, 0.3) is 11.6 Å². The molecule has 1 aliphatic rings.